The van der Waals surface area contributed by atoms with Crippen molar-refractivity contribution in [1.29, 1.82) is 0 Å². The monoisotopic (exact) mass is 381 g/mol. The van der Waals surface area contributed by atoms with Crippen LogP contribution in [0.2, 0.25) is 0 Å². The SMILES string of the molecule is O=C(Cn1ccc(-c2cccs2)n1)N1CCCN(Cc2ccncc2)CC1. The van der Waals surface area contributed by atoms with Gasteiger partial charge in [-0.05, 0) is 41.6 Å². The second-order valence-electron chi connectivity index (χ2n) is 6.74. The molecule has 1 aliphatic rings. The van der Waals surface area contributed by atoms with Crippen LogP contribution in [-0.2, 0) is 17.9 Å². The molecule has 1 aliphatic heterocycles. The summed E-state index contributed by atoms with van der Waals surface area (Å²) in [4.78, 5) is 22.3. The highest BCUT2D eigenvalue weighted by atomic mass is 32.1. The first-order valence-corrected chi connectivity index (χ1v) is 10.1. The molecule has 1 saturated heterocycles. The van der Waals surface area contributed by atoms with Gasteiger partial charge < -0.3 is 4.90 Å². The number of hydrogen-bond donors (Lipinski definition) is 0. The van der Waals surface area contributed by atoms with E-state index in [0.29, 0.717) is 6.54 Å². The van der Waals surface area contributed by atoms with E-state index in [0.717, 1.165) is 49.7 Å². The summed E-state index contributed by atoms with van der Waals surface area (Å²) in [5.41, 5.74) is 2.19. The Bertz CT molecular complexity index is 862. The van der Waals surface area contributed by atoms with E-state index >= 15 is 0 Å². The van der Waals surface area contributed by atoms with E-state index in [-0.39, 0.29) is 5.91 Å². The summed E-state index contributed by atoms with van der Waals surface area (Å²) in [5.74, 6) is 0.140. The van der Waals surface area contributed by atoms with E-state index in [1.54, 1.807) is 16.0 Å². The van der Waals surface area contributed by atoms with Crippen molar-refractivity contribution >= 4 is 17.2 Å². The molecule has 0 unspecified atom stereocenters. The number of thiophene rings is 1. The van der Waals surface area contributed by atoms with Crippen molar-refractivity contribution in [3.8, 4) is 10.6 Å². The quantitative estimate of drug-likeness (QED) is 0.682. The van der Waals surface area contributed by atoms with Gasteiger partial charge in [-0.3, -0.25) is 19.4 Å². The van der Waals surface area contributed by atoms with Crippen LogP contribution in [0.1, 0.15) is 12.0 Å². The number of nitrogens with zero attached hydrogens (tertiary/aromatic N) is 5. The summed E-state index contributed by atoms with van der Waals surface area (Å²) in [7, 11) is 0. The summed E-state index contributed by atoms with van der Waals surface area (Å²) in [6, 6.07) is 10.1. The molecule has 3 aromatic heterocycles. The standard InChI is InChI=1S/C20H23N5OS/c26-20(16-25-11-6-18(22-25)19-3-1-14-27-19)24-10-2-9-23(12-13-24)15-17-4-7-21-8-5-17/h1,3-8,11,14H,2,9-10,12-13,15-16H2. The normalized spacial score (nSPS) is 15.6. The fourth-order valence-corrected chi connectivity index (χ4v) is 4.06. The van der Waals surface area contributed by atoms with Gasteiger partial charge in [0, 0.05) is 51.3 Å². The number of hydrogen-bond acceptors (Lipinski definition) is 5. The van der Waals surface area contributed by atoms with Gasteiger partial charge in [-0.1, -0.05) is 6.07 Å². The minimum Gasteiger partial charge on any atom is -0.340 e. The lowest BCUT2D eigenvalue weighted by molar-refractivity contribution is -0.131. The maximum Gasteiger partial charge on any atom is 0.244 e. The lowest BCUT2D eigenvalue weighted by Gasteiger charge is -2.22. The summed E-state index contributed by atoms with van der Waals surface area (Å²) >= 11 is 1.66. The molecule has 3 aromatic rings. The van der Waals surface area contributed by atoms with Gasteiger partial charge in [-0.2, -0.15) is 5.10 Å². The lowest BCUT2D eigenvalue weighted by Crippen LogP contribution is -2.37. The van der Waals surface area contributed by atoms with Gasteiger partial charge >= 0.3 is 0 Å². The van der Waals surface area contributed by atoms with E-state index in [1.165, 1.54) is 5.56 Å². The van der Waals surface area contributed by atoms with Crippen LogP contribution in [0.25, 0.3) is 10.6 Å². The van der Waals surface area contributed by atoms with Gasteiger partial charge in [0.2, 0.25) is 5.91 Å². The Morgan fingerprint density at radius 1 is 1.07 bits per heavy atom. The molecule has 6 nitrogen and oxygen atoms in total. The van der Waals surface area contributed by atoms with Crippen molar-refractivity contribution in [3.63, 3.8) is 0 Å². The van der Waals surface area contributed by atoms with Crippen LogP contribution in [0, 0.1) is 0 Å². The molecule has 4 heterocycles. The second-order valence-corrected chi connectivity index (χ2v) is 7.69. The van der Waals surface area contributed by atoms with Gasteiger partial charge in [-0.25, -0.2) is 0 Å². The highest BCUT2D eigenvalue weighted by Gasteiger charge is 2.20. The smallest absolute Gasteiger partial charge is 0.244 e. The van der Waals surface area contributed by atoms with Gasteiger partial charge in [-0.15, -0.1) is 11.3 Å². The van der Waals surface area contributed by atoms with E-state index in [9.17, 15) is 4.79 Å². The number of pyridine rings is 1. The van der Waals surface area contributed by atoms with Gasteiger partial charge in [0.25, 0.3) is 0 Å². The number of amides is 1. The van der Waals surface area contributed by atoms with Crippen LogP contribution in [-0.4, -0.2) is 56.7 Å². The van der Waals surface area contributed by atoms with E-state index < -0.39 is 0 Å². The first-order valence-electron chi connectivity index (χ1n) is 9.24. The van der Waals surface area contributed by atoms with Crippen molar-refractivity contribution in [1.82, 2.24) is 24.6 Å². The minimum absolute atomic E-state index is 0.140. The molecule has 1 amide bonds. The molecule has 0 aromatic carbocycles. The third-order valence-electron chi connectivity index (χ3n) is 4.81. The average molecular weight is 382 g/mol. The largest absolute Gasteiger partial charge is 0.340 e. The highest BCUT2D eigenvalue weighted by molar-refractivity contribution is 7.13. The fourth-order valence-electron chi connectivity index (χ4n) is 3.37. The van der Waals surface area contributed by atoms with Crippen molar-refractivity contribution in [2.75, 3.05) is 26.2 Å². The molecule has 0 saturated carbocycles. The van der Waals surface area contributed by atoms with Crippen LogP contribution in [0.4, 0.5) is 0 Å². The Morgan fingerprint density at radius 2 is 1.96 bits per heavy atom. The van der Waals surface area contributed by atoms with Crippen LogP contribution in [0.15, 0.2) is 54.3 Å². The molecule has 27 heavy (non-hydrogen) atoms. The molecule has 4 rings (SSSR count). The van der Waals surface area contributed by atoms with E-state index in [4.69, 9.17) is 0 Å². The maximum absolute atomic E-state index is 12.7. The molecular formula is C20H23N5OS. The Hall–Kier alpha value is -2.51. The zero-order chi connectivity index (χ0) is 18.5. The molecule has 1 fully saturated rings. The second kappa shape index (κ2) is 8.45. The number of carbonyl (C=O) groups excluding carboxylic acids is 1. The predicted octanol–water partition coefficient (Wildman–Crippen LogP) is 2.74. The maximum atomic E-state index is 12.7. The summed E-state index contributed by atoms with van der Waals surface area (Å²) in [6.45, 7) is 4.70. The summed E-state index contributed by atoms with van der Waals surface area (Å²) in [5, 5.41) is 6.58. The molecule has 0 spiro atoms. The van der Waals surface area contributed by atoms with Crippen LogP contribution >= 0.6 is 11.3 Å². The molecule has 0 aliphatic carbocycles. The average Bonchev–Trinajstić information content (AvgIpc) is 3.32. The zero-order valence-electron chi connectivity index (χ0n) is 15.2. The molecule has 7 heteroatoms. The highest BCUT2D eigenvalue weighted by Crippen LogP contribution is 2.22. The van der Waals surface area contributed by atoms with Gasteiger partial charge in [0.05, 0.1) is 4.88 Å². The Kier molecular flexibility index (Phi) is 5.60. The number of aromatic nitrogens is 3. The number of rotatable bonds is 5. The van der Waals surface area contributed by atoms with E-state index in [1.807, 2.05) is 47.1 Å². The molecule has 0 radical (unpaired) electrons. The molecule has 0 atom stereocenters. The van der Waals surface area contributed by atoms with Crippen LogP contribution in [0.3, 0.4) is 0 Å². The minimum atomic E-state index is 0.140. The van der Waals surface area contributed by atoms with Crippen molar-refractivity contribution in [2.45, 2.75) is 19.5 Å². The zero-order valence-corrected chi connectivity index (χ0v) is 16.0. The van der Waals surface area contributed by atoms with Crippen molar-refractivity contribution in [2.24, 2.45) is 0 Å². The van der Waals surface area contributed by atoms with Crippen molar-refractivity contribution < 1.29 is 4.79 Å². The van der Waals surface area contributed by atoms with Crippen molar-refractivity contribution in [3.05, 3.63) is 59.9 Å². The molecule has 0 bridgehead atoms. The molecular weight excluding hydrogens is 358 g/mol. The fraction of sp³-hybridized carbons (Fsp3) is 0.350. The van der Waals surface area contributed by atoms with Crippen LogP contribution < -0.4 is 0 Å². The Balaban J connectivity index is 1.32. The topological polar surface area (TPSA) is 54.3 Å². The predicted molar refractivity (Wildman–Crippen MR) is 106 cm³/mol. The Morgan fingerprint density at radius 3 is 2.78 bits per heavy atom. The third-order valence-corrected chi connectivity index (χ3v) is 5.70. The summed E-state index contributed by atoms with van der Waals surface area (Å²) in [6.07, 6.45) is 6.55. The van der Waals surface area contributed by atoms with Gasteiger partial charge in [0.15, 0.2) is 0 Å². The summed E-state index contributed by atoms with van der Waals surface area (Å²) < 4.78 is 1.75. The van der Waals surface area contributed by atoms with E-state index in [2.05, 4.69) is 27.1 Å². The van der Waals surface area contributed by atoms with Crippen LogP contribution in [0.5, 0.6) is 0 Å². The van der Waals surface area contributed by atoms with Gasteiger partial charge in [0.1, 0.15) is 12.2 Å². The lowest BCUT2D eigenvalue weighted by atomic mass is 10.2. The first-order chi connectivity index (χ1) is 13.3. The first kappa shape index (κ1) is 17.9. The third kappa shape index (κ3) is 4.61. The molecule has 0 N–H and O–H groups in total. The molecule has 140 valence electrons. The Labute approximate surface area is 163 Å². The number of carbonyl (C=O) groups is 1.